The predicted molar refractivity (Wildman–Crippen MR) is 84.9 cm³/mol. The fraction of sp³-hybridized carbons (Fsp3) is 0.562. The molecule has 1 aliphatic carbocycles. The molecule has 112 valence electrons. The Morgan fingerprint density at radius 1 is 1.40 bits per heavy atom. The molecule has 0 aromatic heterocycles. The first-order chi connectivity index (χ1) is 9.08. The van der Waals surface area contributed by atoms with Crippen molar-refractivity contribution in [2.45, 2.75) is 51.6 Å². The van der Waals surface area contributed by atoms with Gasteiger partial charge in [-0.1, -0.05) is 30.7 Å². The molecule has 1 saturated carbocycles. The Morgan fingerprint density at radius 2 is 2.10 bits per heavy atom. The van der Waals surface area contributed by atoms with Gasteiger partial charge in [-0.25, -0.2) is 0 Å². The Labute approximate surface area is 127 Å². The fourth-order valence-corrected chi connectivity index (χ4v) is 3.01. The van der Waals surface area contributed by atoms with Crippen molar-refractivity contribution in [3.8, 4) is 0 Å². The molecule has 20 heavy (non-hydrogen) atoms. The van der Waals surface area contributed by atoms with Gasteiger partial charge in [0.05, 0.1) is 6.04 Å². The van der Waals surface area contributed by atoms with Crippen molar-refractivity contribution in [2.75, 3.05) is 0 Å². The molecule has 1 unspecified atom stereocenters. The number of halogens is 1. The maximum absolute atomic E-state index is 12.1. The third-order valence-electron chi connectivity index (χ3n) is 4.20. The zero-order valence-electron chi connectivity index (χ0n) is 12.3. The van der Waals surface area contributed by atoms with E-state index in [1.807, 2.05) is 19.1 Å². The van der Waals surface area contributed by atoms with Gasteiger partial charge in [0, 0.05) is 12.5 Å². The summed E-state index contributed by atoms with van der Waals surface area (Å²) in [5.41, 5.74) is 8.42. The van der Waals surface area contributed by atoms with Crippen LogP contribution in [0.5, 0.6) is 0 Å². The molecule has 1 amide bonds. The summed E-state index contributed by atoms with van der Waals surface area (Å²) in [5.74, 6) is 0.488. The van der Waals surface area contributed by atoms with Crippen molar-refractivity contribution in [1.29, 1.82) is 0 Å². The molecule has 0 bridgehead atoms. The summed E-state index contributed by atoms with van der Waals surface area (Å²) in [4.78, 5) is 12.1. The van der Waals surface area contributed by atoms with Crippen molar-refractivity contribution in [3.05, 3.63) is 35.4 Å². The number of carbonyl (C=O) groups is 1. The Hall–Kier alpha value is -1.06. The number of nitrogens with two attached hydrogens (primary N) is 1. The first-order valence-corrected chi connectivity index (χ1v) is 7.18. The minimum Gasteiger partial charge on any atom is -0.350 e. The molecule has 1 aliphatic rings. The van der Waals surface area contributed by atoms with Crippen molar-refractivity contribution >= 4 is 18.3 Å². The molecule has 4 heteroatoms. The molecule has 0 aliphatic heterocycles. The molecular formula is C16H25ClN2O. The van der Waals surface area contributed by atoms with Gasteiger partial charge in [-0.05, 0) is 43.7 Å². The molecule has 3 nitrogen and oxygen atoms in total. The van der Waals surface area contributed by atoms with E-state index in [0.29, 0.717) is 12.3 Å². The number of amides is 1. The number of benzene rings is 1. The standard InChI is InChI=1S/C16H24N2O.ClH/c1-11-6-3-4-8-14(11)12(2)18-16(19)10-13-7-5-9-15(13)17;/h3-4,6,8,12-13,15H,5,7,9-10,17H2,1-2H3,(H,18,19);1H/t12?,13-,15+;/m0./s1. The SMILES string of the molecule is Cc1ccccc1C(C)NC(=O)C[C@@H]1CCC[C@H]1N.Cl. The molecule has 0 heterocycles. The van der Waals surface area contributed by atoms with E-state index in [2.05, 4.69) is 24.4 Å². The lowest BCUT2D eigenvalue weighted by molar-refractivity contribution is -0.122. The summed E-state index contributed by atoms with van der Waals surface area (Å²) in [6.07, 6.45) is 3.88. The molecule has 1 aromatic rings. The largest absolute Gasteiger partial charge is 0.350 e. The average molecular weight is 297 g/mol. The van der Waals surface area contributed by atoms with E-state index in [9.17, 15) is 4.79 Å². The first kappa shape index (κ1) is 17.0. The van der Waals surface area contributed by atoms with Gasteiger partial charge in [0.1, 0.15) is 0 Å². The second-order valence-corrected chi connectivity index (χ2v) is 5.70. The van der Waals surface area contributed by atoms with E-state index in [1.54, 1.807) is 0 Å². The molecule has 0 radical (unpaired) electrons. The molecule has 1 aromatic carbocycles. The van der Waals surface area contributed by atoms with Crippen molar-refractivity contribution in [1.82, 2.24) is 5.32 Å². The van der Waals surface area contributed by atoms with E-state index >= 15 is 0 Å². The summed E-state index contributed by atoms with van der Waals surface area (Å²) in [5, 5.41) is 3.09. The second-order valence-electron chi connectivity index (χ2n) is 5.70. The molecule has 3 N–H and O–H groups in total. The van der Waals surface area contributed by atoms with Gasteiger partial charge in [-0.15, -0.1) is 12.4 Å². The normalized spacial score (nSPS) is 22.9. The van der Waals surface area contributed by atoms with E-state index in [4.69, 9.17) is 5.73 Å². The van der Waals surface area contributed by atoms with Crippen molar-refractivity contribution in [2.24, 2.45) is 11.7 Å². The van der Waals surface area contributed by atoms with Crippen LogP contribution in [-0.2, 0) is 4.79 Å². The maximum atomic E-state index is 12.1. The smallest absolute Gasteiger partial charge is 0.220 e. The summed E-state index contributed by atoms with van der Waals surface area (Å²) in [7, 11) is 0. The van der Waals surface area contributed by atoms with E-state index < -0.39 is 0 Å². The fourth-order valence-electron chi connectivity index (χ4n) is 3.01. The first-order valence-electron chi connectivity index (χ1n) is 7.18. The number of rotatable bonds is 4. The van der Waals surface area contributed by atoms with Crippen LogP contribution >= 0.6 is 12.4 Å². The third-order valence-corrected chi connectivity index (χ3v) is 4.20. The molecule has 2 rings (SSSR count). The van der Waals surface area contributed by atoms with Gasteiger partial charge in [0.25, 0.3) is 0 Å². The third kappa shape index (κ3) is 4.22. The molecule has 3 atom stereocenters. The average Bonchev–Trinajstić information content (AvgIpc) is 2.75. The summed E-state index contributed by atoms with van der Waals surface area (Å²) < 4.78 is 0. The van der Waals surface area contributed by atoms with E-state index in [1.165, 1.54) is 11.1 Å². The van der Waals surface area contributed by atoms with E-state index in [-0.39, 0.29) is 30.4 Å². The van der Waals surface area contributed by atoms with Crippen LogP contribution < -0.4 is 11.1 Å². The van der Waals surface area contributed by atoms with Gasteiger partial charge in [0.2, 0.25) is 5.91 Å². The zero-order chi connectivity index (χ0) is 13.8. The van der Waals surface area contributed by atoms with Crippen LogP contribution in [0.2, 0.25) is 0 Å². The minimum absolute atomic E-state index is 0. The highest BCUT2D eigenvalue weighted by Crippen LogP contribution is 2.27. The van der Waals surface area contributed by atoms with Crippen LogP contribution in [0.3, 0.4) is 0 Å². The lowest BCUT2D eigenvalue weighted by Gasteiger charge is -2.19. The van der Waals surface area contributed by atoms with Crippen LogP contribution in [0.4, 0.5) is 0 Å². The predicted octanol–water partition coefficient (Wildman–Crippen LogP) is 3.11. The highest BCUT2D eigenvalue weighted by atomic mass is 35.5. The van der Waals surface area contributed by atoms with Crippen molar-refractivity contribution in [3.63, 3.8) is 0 Å². The van der Waals surface area contributed by atoms with Crippen LogP contribution in [-0.4, -0.2) is 11.9 Å². The van der Waals surface area contributed by atoms with Crippen molar-refractivity contribution < 1.29 is 4.79 Å². The molecule has 0 spiro atoms. The Bertz CT molecular complexity index is 450. The van der Waals surface area contributed by atoms with E-state index in [0.717, 1.165) is 19.3 Å². The maximum Gasteiger partial charge on any atom is 0.220 e. The van der Waals surface area contributed by atoms with Gasteiger partial charge in [-0.2, -0.15) is 0 Å². The summed E-state index contributed by atoms with van der Waals surface area (Å²) in [6.45, 7) is 4.11. The number of aryl methyl sites for hydroxylation is 1. The lowest BCUT2D eigenvalue weighted by Crippen LogP contribution is -2.33. The molecular weight excluding hydrogens is 272 g/mol. The summed E-state index contributed by atoms with van der Waals surface area (Å²) in [6, 6.07) is 8.45. The number of hydrogen-bond acceptors (Lipinski definition) is 2. The number of nitrogens with one attached hydrogen (secondary N) is 1. The van der Waals surface area contributed by atoms with Crippen LogP contribution in [0.1, 0.15) is 49.8 Å². The Kier molecular flexibility index (Phi) is 6.50. The van der Waals surface area contributed by atoms with Gasteiger partial charge in [0.15, 0.2) is 0 Å². The lowest BCUT2D eigenvalue weighted by atomic mass is 9.98. The molecule has 1 fully saturated rings. The van der Waals surface area contributed by atoms with Gasteiger partial charge < -0.3 is 11.1 Å². The quantitative estimate of drug-likeness (QED) is 0.897. The van der Waals surface area contributed by atoms with Crippen LogP contribution in [0.25, 0.3) is 0 Å². The highest BCUT2D eigenvalue weighted by molar-refractivity contribution is 5.85. The number of carbonyl (C=O) groups excluding carboxylic acids is 1. The molecule has 0 saturated heterocycles. The minimum atomic E-state index is 0. The van der Waals surface area contributed by atoms with Crippen LogP contribution in [0.15, 0.2) is 24.3 Å². The Balaban J connectivity index is 0.00000200. The topological polar surface area (TPSA) is 55.1 Å². The zero-order valence-corrected chi connectivity index (χ0v) is 13.1. The monoisotopic (exact) mass is 296 g/mol. The van der Waals surface area contributed by atoms with Gasteiger partial charge in [-0.3, -0.25) is 4.79 Å². The number of hydrogen-bond donors (Lipinski definition) is 2. The van der Waals surface area contributed by atoms with Gasteiger partial charge >= 0.3 is 0 Å². The highest BCUT2D eigenvalue weighted by Gasteiger charge is 2.26. The second kappa shape index (κ2) is 7.65. The summed E-state index contributed by atoms with van der Waals surface area (Å²) >= 11 is 0. The van der Waals surface area contributed by atoms with Crippen LogP contribution in [0, 0.1) is 12.8 Å². The Morgan fingerprint density at radius 3 is 2.70 bits per heavy atom.